The van der Waals surface area contributed by atoms with Gasteiger partial charge in [0, 0.05) is 24.7 Å². The molecule has 0 amide bonds. The highest BCUT2D eigenvalue weighted by atomic mass is 32.2. The first-order valence-corrected chi connectivity index (χ1v) is 14.7. The SMILES string of the molecule is CS(=O)(=O)N1CCC2(CC1)OCc1c2c(=O)n(C[C@H](N)c2ccccc2)c(=O)n1Cc1c(F)cccc1C(F)(F)F. The molecule has 1 saturated heterocycles. The number of nitrogens with zero attached hydrogens (tertiary/aromatic N) is 3. The third-order valence-corrected chi connectivity index (χ3v) is 9.13. The summed E-state index contributed by atoms with van der Waals surface area (Å²) in [7, 11) is -3.52. The quantitative estimate of drug-likeness (QED) is 0.438. The maximum atomic E-state index is 14.9. The molecule has 1 fully saturated rings. The van der Waals surface area contributed by atoms with Crippen molar-refractivity contribution in [2.45, 2.75) is 50.4 Å². The van der Waals surface area contributed by atoms with Crippen molar-refractivity contribution in [1.82, 2.24) is 13.4 Å². The third kappa shape index (κ3) is 5.36. The third-order valence-electron chi connectivity index (χ3n) is 7.82. The number of benzene rings is 2. The summed E-state index contributed by atoms with van der Waals surface area (Å²) in [5, 5.41) is 0. The summed E-state index contributed by atoms with van der Waals surface area (Å²) in [5.74, 6) is -1.16. The van der Waals surface area contributed by atoms with Crippen LogP contribution < -0.4 is 17.0 Å². The average molecular weight is 597 g/mol. The van der Waals surface area contributed by atoms with E-state index in [0.717, 1.165) is 33.6 Å². The molecule has 0 saturated carbocycles. The van der Waals surface area contributed by atoms with Gasteiger partial charge in [0.05, 0.1) is 42.8 Å². The van der Waals surface area contributed by atoms with E-state index < -0.39 is 62.6 Å². The molecule has 3 heterocycles. The Morgan fingerprint density at radius 1 is 1.02 bits per heavy atom. The van der Waals surface area contributed by atoms with Gasteiger partial charge in [0.25, 0.3) is 5.56 Å². The van der Waals surface area contributed by atoms with E-state index in [-0.39, 0.29) is 50.3 Å². The number of aromatic nitrogens is 2. The highest BCUT2D eigenvalue weighted by molar-refractivity contribution is 7.88. The Hall–Kier alpha value is -3.33. The van der Waals surface area contributed by atoms with Crippen LogP contribution >= 0.6 is 0 Å². The van der Waals surface area contributed by atoms with Crippen molar-refractivity contribution in [3.63, 3.8) is 0 Å². The van der Waals surface area contributed by atoms with E-state index in [4.69, 9.17) is 10.5 Å². The van der Waals surface area contributed by atoms with Crippen LogP contribution in [-0.2, 0) is 46.2 Å². The van der Waals surface area contributed by atoms with Crippen molar-refractivity contribution in [2.24, 2.45) is 5.73 Å². The minimum absolute atomic E-state index is 0.0336. The molecule has 5 rings (SSSR count). The molecular weight excluding hydrogens is 568 g/mol. The van der Waals surface area contributed by atoms with Crippen molar-refractivity contribution in [2.75, 3.05) is 19.3 Å². The van der Waals surface area contributed by atoms with Gasteiger partial charge >= 0.3 is 11.9 Å². The summed E-state index contributed by atoms with van der Waals surface area (Å²) in [4.78, 5) is 27.7. The lowest BCUT2D eigenvalue weighted by atomic mass is 9.86. The molecule has 14 heteroatoms. The van der Waals surface area contributed by atoms with Gasteiger partial charge in [-0.25, -0.2) is 21.9 Å². The number of hydrogen-bond acceptors (Lipinski definition) is 6. The largest absolute Gasteiger partial charge is 0.416 e. The zero-order valence-electron chi connectivity index (χ0n) is 22.0. The first kappa shape index (κ1) is 29.2. The molecule has 2 N–H and O–H groups in total. The van der Waals surface area contributed by atoms with E-state index in [9.17, 15) is 35.6 Å². The van der Waals surface area contributed by atoms with Crippen LogP contribution in [0.4, 0.5) is 17.6 Å². The average Bonchev–Trinajstić information content (AvgIpc) is 3.27. The molecule has 0 radical (unpaired) electrons. The standard InChI is InChI=1S/C27H28F4N4O5S/c1-41(38,39)33-12-10-26(11-13-33)23-22(16-40-26)34(14-18-19(27(29,30)31)8-5-9-20(18)28)25(37)35(24(23)36)15-21(32)17-6-3-2-4-7-17/h2-9,21H,10-16,32H2,1H3/t21-/m0/s1. The van der Waals surface area contributed by atoms with Crippen molar-refractivity contribution < 1.29 is 30.7 Å². The van der Waals surface area contributed by atoms with Crippen LogP contribution in [0.3, 0.4) is 0 Å². The summed E-state index contributed by atoms with van der Waals surface area (Å²) < 4.78 is 89.6. The molecule has 2 aliphatic rings. The number of halogens is 4. The number of fused-ring (bicyclic) bond motifs is 2. The summed E-state index contributed by atoms with van der Waals surface area (Å²) in [5.41, 5.74) is 2.09. The Labute approximate surface area is 232 Å². The first-order chi connectivity index (χ1) is 19.2. The van der Waals surface area contributed by atoms with E-state index in [1.165, 1.54) is 4.31 Å². The number of ether oxygens (including phenoxy) is 1. The molecular formula is C27H28F4N4O5S. The van der Waals surface area contributed by atoms with E-state index >= 15 is 0 Å². The van der Waals surface area contributed by atoms with Gasteiger partial charge < -0.3 is 10.5 Å². The Kier molecular flexibility index (Phi) is 7.47. The molecule has 1 spiro atoms. The van der Waals surface area contributed by atoms with Crippen LogP contribution in [0.25, 0.3) is 0 Å². The fraction of sp³-hybridized carbons (Fsp3) is 0.407. The van der Waals surface area contributed by atoms with Crippen LogP contribution in [0.2, 0.25) is 0 Å². The Bertz CT molecular complexity index is 1700. The number of alkyl halides is 3. The second-order valence-corrected chi connectivity index (χ2v) is 12.3. The Morgan fingerprint density at radius 3 is 2.29 bits per heavy atom. The van der Waals surface area contributed by atoms with Crippen LogP contribution in [0.1, 0.15) is 46.8 Å². The van der Waals surface area contributed by atoms with E-state index in [2.05, 4.69) is 0 Å². The summed E-state index contributed by atoms with van der Waals surface area (Å²) >= 11 is 0. The van der Waals surface area contributed by atoms with Crippen molar-refractivity contribution >= 4 is 10.0 Å². The lowest BCUT2D eigenvalue weighted by Gasteiger charge is -2.37. The van der Waals surface area contributed by atoms with Gasteiger partial charge in [-0.2, -0.15) is 13.2 Å². The lowest BCUT2D eigenvalue weighted by molar-refractivity contribution is -0.138. The van der Waals surface area contributed by atoms with Crippen LogP contribution in [-0.4, -0.2) is 41.2 Å². The van der Waals surface area contributed by atoms with Crippen LogP contribution in [0.5, 0.6) is 0 Å². The molecule has 41 heavy (non-hydrogen) atoms. The van der Waals surface area contributed by atoms with Gasteiger partial charge in [-0.05, 0) is 30.5 Å². The van der Waals surface area contributed by atoms with Crippen molar-refractivity contribution in [3.8, 4) is 0 Å². The normalized spacial score (nSPS) is 18.0. The van der Waals surface area contributed by atoms with Gasteiger partial charge in [-0.1, -0.05) is 36.4 Å². The van der Waals surface area contributed by atoms with E-state index in [1.54, 1.807) is 30.3 Å². The second-order valence-electron chi connectivity index (χ2n) is 10.3. The number of hydrogen-bond donors (Lipinski definition) is 1. The topological polar surface area (TPSA) is 117 Å². The fourth-order valence-electron chi connectivity index (χ4n) is 5.67. The number of piperidine rings is 1. The number of rotatable bonds is 6. The Balaban J connectivity index is 1.67. The van der Waals surface area contributed by atoms with Crippen LogP contribution in [0.15, 0.2) is 58.1 Å². The maximum absolute atomic E-state index is 14.9. The zero-order valence-corrected chi connectivity index (χ0v) is 22.8. The monoisotopic (exact) mass is 596 g/mol. The predicted molar refractivity (Wildman–Crippen MR) is 141 cm³/mol. The molecule has 1 aromatic heterocycles. The molecule has 0 aliphatic carbocycles. The molecule has 2 aliphatic heterocycles. The van der Waals surface area contributed by atoms with Gasteiger partial charge in [0.15, 0.2) is 0 Å². The summed E-state index contributed by atoms with van der Waals surface area (Å²) in [6, 6.07) is 10.4. The summed E-state index contributed by atoms with van der Waals surface area (Å²) in [6.07, 6.45) is -3.67. The minimum Gasteiger partial charge on any atom is -0.364 e. The van der Waals surface area contributed by atoms with Gasteiger partial charge in [-0.3, -0.25) is 13.9 Å². The van der Waals surface area contributed by atoms with Crippen molar-refractivity contribution in [1.29, 1.82) is 0 Å². The number of nitrogens with two attached hydrogens (primary N) is 1. The van der Waals surface area contributed by atoms with Gasteiger partial charge in [0.1, 0.15) is 11.4 Å². The molecule has 0 unspecified atom stereocenters. The van der Waals surface area contributed by atoms with Crippen molar-refractivity contribution in [3.05, 3.63) is 103 Å². The Morgan fingerprint density at radius 2 is 1.68 bits per heavy atom. The maximum Gasteiger partial charge on any atom is 0.416 e. The molecule has 2 aromatic carbocycles. The van der Waals surface area contributed by atoms with Gasteiger partial charge in [-0.15, -0.1) is 0 Å². The molecule has 0 bridgehead atoms. The fourth-order valence-corrected chi connectivity index (χ4v) is 6.52. The van der Waals surface area contributed by atoms with E-state index in [1.807, 2.05) is 0 Å². The summed E-state index contributed by atoms with van der Waals surface area (Å²) in [6.45, 7) is -1.33. The highest BCUT2D eigenvalue weighted by Gasteiger charge is 2.48. The molecule has 9 nitrogen and oxygen atoms in total. The van der Waals surface area contributed by atoms with E-state index in [0.29, 0.717) is 5.56 Å². The number of sulfonamides is 1. The molecule has 3 aromatic rings. The predicted octanol–water partition coefficient (Wildman–Crippen LogP) is 2.70. The molecule has 220 valence electrons. The lowest BCUT2D eigenvalue weighted by Crippen LogP contribution is -2.50. The highest BCUT2D eigenvalue weighted by Crippen LogP contribution is 2.43. The minimum atomic E-state index is -4.90. The molecule has 1 atom stereocenters. The second kappa shape index (κ2) is 10.5. The first-order valence-electron chi connectivity index (χ1n) is 12.8. The zero-order chi connectivity index (χ0) is 29.7. The smallest absolute Gasteiger partial charge is 0.364 e. The van der Waals surface area contributed by atoms with Crippen LogP contribution in [0, 0.1) is 5.82 Å². The van der Waals surface area contributed by atoms with Gasteiger partial charge in [0.2, 0.25) is 10.0 Å².